The third-order valence-electron chi connectivity index (χ3n) is 1.34. The first-order valence-electron chi connectivity index (χ1n) is 3.26. The van der Waals surface area contributed by atoms with Crippen molar-refractivity contribution in [2.45, 2.75) is 6.61 Å². The molecule has 1 N–H and O–H groups in total. The molecule has 1 rings (SSSR count). The Morgan fingerprint density at radius 2 is 2.08 bits per heavy atom. The average Bonchev–Trinajstić information content (AvgIpc) is 2.15. The minimum absolute atomic E-state index is 0.350. The van der Waals surface area contributed by atoms with E-state index in [1.807, 2.05) is 5.00 Å². The Bertz CT molecular complexity index is 250. The van der Waals surface area contributed by atoms with Crippen LogP contribution in [0.2, 0.25) is 0 Å². The van der Waals surface area contributed by atoms with Gasteiger partial charge < -0.3 is 0 Å². The summed E-state index contributed by atoms with van der Waals surface area (Å²) in [5, 5.41) is 2.76. The van der Waals surface area contributed by atoms with Crippen molar-refractivity contribution >= 4 is 17.5 Å². The highest BCUT2D eigenvalue weighted by molar-refractivity contribution is 6.12. The highest BCUT2D eigenvalue weighted by atomic mass is 35.5. The number of benzene rings is 1. The summed E-state index contributed by atoms with van der Waals surface area (Å²) in [5.74, 6) is 0. The molecule has 1 aromatic carbocycles. The first kappa shape index (κ1) is 9.12. The van der Waals surface area contributed by atoms with Crippen LogP contribution in [0.5, 0.6) is 0 Å². The summed E-state index contributed by atoms with van der Waals surface area (Å²) < 4.78 is 0. The summed E-state index contributed by atoms with van der Waals surface area (Å²) in [7, 11) is 0. The van der Waals surface area contributed by atoms with Crippen LogP contribution in [0.4, 0.5) is 5.69 Å². The van der Waals surface area contributed by atoms with E-state index in [4.69, 9.17) is 16.6 Å². The van der Waals surface area contributed by atoms with E-state index in [0.717, 1.165) is 5.56 Å². The summed E-state index contributed by atoms with van der Waals surface area (Å²) >= 11 is 5.07. The number of nitroso groups, excluding NO2 is 1. The number of halogens is 1. The molecule has 0 saturated heterocycles. The normalized spacial score (nSPS) is 9.75. The molecule has 12 heavy (non-hydrogen) atoms. The summed E-state index contributed by atoms with van der Waals surface area (Å²) in [6.45, 7) is 0.350. The molecule has 0 heterocycles. The highest BCUT2D eigenvalue weighted by Crippen LogP contribution is 2.12. The molecule has 0 aliphatic heterocycles. The van der Waals surface area contributed by atoms with Gasteiger partial charge in [0, 0.05) is 11.8 Å². The first-order valence-corrected chi connectivity index (χ1v) is 3.64. The van der Waals surface area contributed by atoms with Crippen molar-refractivity contribution in [3.63, 3.8) is 0 Å². The molecule has 0 aromatic heterocycles. The van der Waals surface area contributed by atoms with Crippen LogP contribution in [0.3, 0.4) is 0 Å². The second kappa shape index (κ2) is 4.82. The third kappa shape index (κ3) is 2.58. The van der Waals surface area contributed by atoms with Gasteiger partial charge in [0.1, 0.15) is 5.69 Å². The molecule has 0 aliphatic rings. The third-order valence-corrected chi connectivity index (χ3v) is 1.44. The van der Waals surface area contributed by atoms with Gasteiger partial charge >= 0.3 is 0 Å². The Morgan fingerprint density at radius 1 is 1.42 bits per heavy atom. The van der Waals surface area contributed by atoms with Gasteiger partial charge in [-0.3, -0.25) is 4.84 Å². The molecule has 0 amide bonds. The summed E-state index contributed by atoms with van der Waals surface area (Å²) in [5.41, 5.74) is 1.31. The first-order chi connectivity index (χ1) is 5.86. The molecule has 0 unspecified atom stereocenters. The quantitative estimate of drug-likeness (QED) is 0.446. The lowest BCUT2D eigenvalue weighted by Gasteiger charge is -1.99. The van der Waals surface area contributed by atoms with Crippen molar-refractivity contribution in [2.24, 2.45) is 5.18 Å². The molecule has 0 spiro atoms. The zero-order chi connectivity index (χ0) is 8.81. The van der Waals surface area contributed by atoms with E-state index in [2.05, 4.69) is 5.18 Å². The van der Waals surface area contributed by atoms with Crippen LogP contribution < -0.4 is 5.00 Å². The minimum atomic E-state index is 0.350. The predicted molar refractivity (Wildman–Crippen MR) is 45.7 cm³/mol. The van der Waals surface area contributed by atoms with Crippen LogP contribution in [-0.4, -0.2) is 0 Å². The molecule has 0 atom stereocenters. The fourth-order valence-corrected chi connectivity index (χ4v) is 0.818. The molecule has 0 bridgehead atoms. The second-order valence-electron chi connectivity index (χ2n) is 2.12. The van der Waals surface area contributed by atoms with E-state index in [-0.39, 0.29) is 0 Å². The van der Waals surface area contributed by atoms with Crippen molar-refractivity contribution in [1.82, 2.24) is 5.00 Å². The summed E-state index contributed by atoms with van der Waals surface area (Å²) in [6, 6.07) is 6.70. The second-order valence-corrected chi connectivity index (χ2v) is 2.28. The number of nitrogens with zero attached hydrogens (tertiary/aromatic N) is 1. The van der Waals surface area contributed by atoms with Gasteiger partial charge in [0.05, 0.1) is 6.61 Å². The number of nitrogens with one attached hydrogen (secondary N) is 1. The number of rotatable bonds is 4. The van der Waals surface area contributed by atoms with Crippen LogP contribution in [0.25, 0.3) is 0 Å². The molecule has 0 aliphatic carbocycles. The van der Waals surface area contributed by atoms with Gasteiger partial charge in [0.2, 0.25) is 0 Å². The molecule has 5 heteroatoms. The van der Waals surface area contributed by atoms with Crippen molar-refractivity contribution < 1.29 is 4.84 Å². The monoisotopic (exact) mass is 186 g/mol. The fourth-order valence-electron chi connectivity index (χ4n) is 0.764. The minimum Gasteiger partial charge on any atom is -0.282 e. The Kier molecular flexibility index (Phi) is 3.66. The standard InChI is InChI=1S/C7H7ClN2O2/c8-10-12-5-6-1-3-7(9-11)4-2-6/h1-4,10H,5H2. The van der Waals surface area contributed by atoms with Crippen molar-refractivity contribution in [1.29, 1.82) is 0 Å². The Morgan fingerprint density at radius 3 is 2.58 bits per heavy atom. The highest BCUT2D eigenvalue weighted by Gasteiger charge is 1.93. The fraction of sp³-hybridized carbons (Fsp3) is 0.143. The molecule has 1 aromatic rings. The molecule has 0 saturated carbocycles. The van der Waals surface area contributed by atoms with E-state index in [1.165, 1.54) is 0 Å². The van der Waals surface area contributed by atoms with E-state index >= 15 is 0 Å². The molecular formula is C7H7ClN2O2. The van der Waals surface area contributed by atoms with Crippen molar-refractivity contribution in [3.05, 3.63) is 34.7 Å². The van der Waals surface area contributed by atoms with Crippen molar-refractivity contribution in [3.8, 4) is 0 Å². The van der Waals surface area contributed by atoms with Gasteiger partial charge in [0.15, 0.2) is 0 Å². The van der Waals surface area contributed by atoms with E-state index < -0.39 is 0 Å². The van der Waals surface area contributed by atoms with Crippen LogP contribution >= 0.6 is 11.8 Å². The number of hydrogen-bond acceptors (Lipinski definition) is 4. The smallest absolute Gasteiger partial charge is 0.108 e. The van der Waals surface area contributed by atoms with E-state index in [9.17, 15) is 4.91 Å². The zero-order valence-corrected chi connectivity index (χ0v) is 6.91. The Balaban J connectivity index is 2.58. The number of hydrogen-bond donors (Lipinski definition) is 1. The maximum atomic E-state index is 10.0. The molecule has 4 nitrogen and oxygen atoms in total. The largest absolute Gasteiger partial charge is 0.282 e. The average molecular weight is 187 g/mol. The van der Waals surface area contributed by atoms with Crippen LogP contribution in [0, 0.1) is 4.91 Å². The summed E-state index contributed by atoms with van der Waals surface area (Å²) in [6.07, 6.45) is 0. The van der Waals surface area contributed by atoms with Crippen LogP contribution in [0.1, 0.15) is 5.56 Å². The molecule has 64 valence electrons. The van der Waals surface area contributed by atoms with Gasteiger partial charge in [-0.2, -0.15) is 0 Å². The predicted octanol–water partition coefficient (Wildman–Crippen LogP) is 2.26. The molecular weight excluding hydrogens is 180 g/mol. The van der Waals surface area contributed by atoms with Gasteiger partial charge in [0.25, 0.3) is 0 Å². The summed E-state index contributed by atoms with van der Waals surface area (Å²) in [4.78, 5) is 16.7. The van der Waals surface area contributed by atoms with Crippen LogP contribution in [0.15, 0.2) is 29.4 Å². The Hall–Kier alpha value is -0.970. The van der Waals surface area contributed by atoms with Gasteiger partial charge in [-0.1, -0.05) is 12.1 Å². The maximum absolute atomic E-state index is 10.0. The molecule has 0 radical (unpaired) electrons. The maximum Gasteiger partial charge on any atom is 0.108 e. The van der Waals surface area contributed by atoms with Crippen LogP contribution in [-0.2, 0) is 11.4 Å². The van der Waals surface area contributed by atoms with E-state index in [1.54, 1.807) is 24.3 Å². The van der Waals surface area contributed by atoms with E-state index in [0.29, 0.717) is 12.3 Å². The SMILES string of the molecule is O=Nc1ccc(CONCl)cc1. The van der Waals surface area contributed by atoms with Gasteiger partial charge in [-0.15, -0.1) is 9.91 Å². The van der Waals surface area contributed by atoms with Gasteiger partial charge in [-0.05, 0) is 22.9 Å². The lowest BCUT2D eigenvalue weighted by Crippen LogP contribution is -1.99. The zero-order valence-electron chi connectivity index (χ0n) is 6.16. The molecule has 0 fully saturated rings. The topological polar surface area (TPSA) is 50.7 Å². The lowest BCUT2D eigenvalue weighted by atomic mass is 10.2. The lowest BCUT2D eigenvalue weighted by molar-refractivity contribution is 0.0817. The van der Waals surface area contributed by atoms with Crippen molar-refractivity contribution in [2.75, 3.05) is 0 Å². The van der Waals surface area contributed by atoms with Gasteiger partial charge in [-0.25, -0.2) is 0 Å². The Labute approximate surface area is 74.5 Å².